The first-order chi connectivity index (χ1) is 10.6. The number of anilines is 1. The molecule has 1 aromatic carbocycles. The summed E-state index contributed by atoms with van der Waals surface area (Å²) in [6.45, 7) is 4.18. The normalized spacial score (nSPS) is 23.0. The van der Waals surface area contributed by atoms with Gasteiger partial charge >= 0.3 is 0 Å². The third-order valence-electron chi connectivity index (χ3n) is 4.63. The molecule has 0 aromatic heterocycles. The summed E-state index contributed by atoms with van der Waals surface area (Å²) in [6.07, 6.45) is 4.62. The zero-order valence-electron chi connectivity index (χ0n) is 13.3. The zero-order valence-corrected chi connectivity index (χ0v) is 13.3. The number of nitrogens with one attached hydrogen (secondary N) is 2. The monoisotopic (exact) mass is 300 g/mol. The molecule has 0 spiro atoms. The van der Waals surface area contributed by atoms with Crippen LogP contribution in [0.25, 0.3) is 0 Å². The van der Waals surface area contributed by atoms with Crippen molar-refractivity contribution in [3.05, 3.63) is 29.3 Å². The van der Waals surface area contributed by atoms with Gasteiger partial charge in [0.25, 0.3) is 0 Å². The maximum atomic E-state index is 12.4. The molecule has 118 valence electrons. The summed E-state index contributed by atoms with van der Waals surface area (Å²) in [5.41, 5.74) is 3.27. The van der Waals surface area contributed by atoms with Crippen LogP contribution in [-0.4, -0.2) is 17.9 Å². The molecule has 1 aromatic rings. The Bertz CT molecular complexity index is 570. The largest absolute Gasteiger partial charge is 0.353 e. The molecular formula is C18H24N2O2. The molecule has 2 unspecified atom stereocenters. The van der Waals surface area contributed by atoms with Gasteiger partial charge in [-0.1, -0.05) is 32.0 Å². The van der Waals surface area contributed by atoms with Crippen LogP contribution in [0.5, 0.6) is 0 Å². The van der Waals surface area contributed by atoms with Gasteiger partial charge in [0, 0.05) is 11.7 Å². The molecule has 2 amide bonds. The van der Waals surface area contributed by atoms with Gasteiger partial charge in [-0.15, -0.1) is 0 Å². The molecule has 3 rings (SSSR count). The van der Waals surface area contributed by atoms with Crippen LogP contribution in [0.4, 0.5) is 5.69 Å². The fourth-order valence-electron chi connectivity index (χ4n) is 2.93. The van der Waals surface area contributed by atoms with Gasteiger partial charge in [0.2, 0.25) is 11.8 Å². The predicted molar refractivity (Wildman–Crippen MR) is 86.6 cm³/mol. The lowest BCUT2D eigenvalue weighted by molar-refractivity contribution is -0.125. The van der Waals surface area contributed by atoms with Crippen molar-refractivity contribution < 1.29 is 9.59 Å². The quantitative estimate of drug-likeness (QED) is 0.848. The van der Waals surface area contributed by atoms with Crippen molar-refractivity contribution in [3.8, 4) is 0 Å². The SMILES string of the molecule is CCc1cccc(CC)c1NC(=O)C1CC1C(=O)NC1CC1. The maximum absolute atomic E-state index is 12.4. The van der Waals surface area contributed by atoms with Crippen LogP contribution in [0.3, 0.4) is 0 Å². The molecule has 2 atom stereocenters. The zero-order chi connectivity index (χ0) is 15.7. The highest BCUT2D eigenvalue weighted by Crippen LogP contribution is 2.40. The summed E-state index contributed by atoms with van der Waals surface area (Å²) in [6, 6.07) is 6.51. The second-order valence-electron chi connectivity index (χ2n) is 6.38. The third-order valence-corrected chi connectivity index (χ3v) is 4.63. The molecule has 0 aliphatic heterocycles. The van der Waals surface area contributed by atoms with Crippen LogP contribution in [-0.2, 0) is 22.4 Å². The topological polar surface area (TPSA) is 58.2 Å². The summed E-state index contributed by atoms with van der Waals surface area (Å²) in [7, 11) is 0. The molecule has 4 heteroatoms. The van der Waals surface area contributed by atoms with Gasteiger partial charge in [-0.2, -0.15) is 0 Å². The van der Waals surface area contributed by atoms with E-state index in [4.69, 9.17) is 0 Å². The molecule has 0 radical (unpaired) electrons. The third kappa shape index (κ3) is 3.16. The van der Waals surface area contributed by atoms with Crippen LogP contribution >= 0.6 is 0 Å². The summed E-state index contributed by atoms with van der Waals surface area (Å²) in [4.78, 5) is 24.4. The fourth-order valence-corrected chi connectivity index (χ4v) is 2.93. The number of hydrogen-bond acceptors (Lipinski definition) is 2. The van der Waals surface area contributed by atoms with Crippen molar-refractivity contribution in [1.82, 2.24) is 5.32 Å². The van der Waals surface area contributed by atoms with Crippen molar-refractivity contribution in [2.45, 2.75) is 52.0 Å². The number of hydrogen-bond donors (Lipinski definition) is 2. The van der Waals surface area contributed by atoms with Gasteiger partial charge in [0.15, 0.2) is 0 Å². The molecule has 4 nitrogen and oxygen atoms in total. The molecule has 2 aliphatic carbocycles. The minimum absolute atomic E-state index is 0.00783. The van der Waals surface area contributed by atoms with Crippen LogP contribution in [0.1, 0.15) is 44.2 Å². The molecule has 2 N–H and O–H groups in total. The predicted octanol–water partition coefficient (Wildman–Crippen LogP) is 2.66. The van der Waals surface area contributed by atoms with E-state index >= 15 is 0 Å². The Morgan fingerprint density at radius 2 is 1.64 bits per heavy atom. The van der Waals surface area contributed by atoms with Gasteiger partial charge < -0.3 is 10.6 Å². The van der Waals surface area contributed by atoms with Gasteiger partial charge in [-0.25, -0.2) is 0 Å². The number of carbonyl (C=O) groups excluding carboxylic acids is 2. The molecule has 0 bridgehead atoms. The Morgan fingerprint density at radius 1 is 1.05 bits per heavy atom. The van der Waals surface area contributed by atoms with E-state index in [0.29, 0.717) is 12.5 Å². The van der Waals surface area contributed by atoms with Crippen molar-refractivity contribution in [3.63, 3.8) is 0 Å². The van der Waals surface area contributed by atoms with E-state index in [1.807, 2.05) is 6.07 Å². The van der Waals surface area contributed by atoms with Gasteiger partial charge in [0.1, 0.15) is 0 Å². The number of rotatable bonds is 6. The van der Waals surface area contributed by atoms with E-state index in [1.54, 1.807) is 0 Å². The fraction of sp³-hybridized carbons (Fsp3) is 0.556. The average Bonchev–Trinajstić information content (AvgIpc) is 3.40. The lowest BCUT2D eigenvalue weighted by Gasteiger charge is -2.14. The van der Waals surface area contributed by atoms with E-state index < -0.39 is 0 Å². The number of para-hydroxylation sites is 1. The van der Waals surface area contributed by atoms with Gasteiger partial charge in [-0.05, 0) is 43.2 Å². The first-order valence-electron chi connectivity index (χ1n) is 8.36. The first kappa shape index (κ1) is 15.1. The van der Waals surface area contributed by atoms with E-state index in [0.717, 1.165) is 42.5 Å². The number of benzene rings is 1. The lowest BCUT2D eigenvalue weighted by Crippen LogP contribution is -2.29. The molecular weight excluding hydrogens is 276 g/mol. The van der Waals surface area contributed by atoms with E-state index in [1.165, 1.54) is 0 Å². The highest BCUT2D eigenvalue weighted by Gasteiger charge is 2.49. The van der Waals surface area contributed by atoms with Crippen LogP contribution < -0.4 is 10.6 Å². The number of amides is 2. The minimum Gasteiger partial charge on any atom is -0.353 e. The van der Waals surface area contributed by atoms with Crippen molar-refractivity contribution in [1.29, 1.82) is 0 Å². The Hall–Kier alpha value is -1.84. The molecule has 2 aliphatic rings. The summed E-state index contributed by atoms with van der Waals surface area (Å²) in [5.74, 6) is -0.235. The minimum atomic E-state index is -0.159. The van der Waals surface area contributed by atoms with Crippen molar-refractivity contribution >= 4 is 17.5 Å². The van der Waals surface area contributed by atoms with E-state index in [-0.39, 0.29) is 23.7 Å². The van der Waals surface area contributed by atoms with Gasteiger partial charge in [-0.3, -0.25) is 9.59 Å². The molecule has 0 heterocycles. The highest BCUT2D eigenvalue weighted by atomic mass is 16.2. The highest BCUT2D eigenvalue weighted by molar-refractivity contribution is 6.00. The Balaban J connectivity index is 1.64. The Labute approximate surface area is 131 Å². The summed E-state index contributed by atoms with van der Waals surface area (Å²) >= 11 is 0. The number of carbonyl (C=O) groups is 2. The van der Waals surface area contributed by atoms with Crippen LogP contribution in [0.15, 0.2) is 18.2 Å². The lowest BCUT2D eigenvalue weighted by atomic mass is 10.0. The second-order valence-corrected chi connectivity index (χ2v) is 6.38. The molecule has 2 saturated carbocycles. The standard InChI is InChI=1S/C18H24N2O2/c1-3-11-6-5-7-12(4-2)16(11)20-18(22)15-10-14(15)17(21)19-13-8-9-13/h5-7,13-15H,3-4,8-10H2,1-2H3,(H,19,21)(H,20,22). The molecule has 0 saturated heterocycles. The van der Waals surface area contributed by atoms with Crippen LogP contribution in [0, 0.1) is 11.8 Å². The smallest absolute Gasteiger partial charge is 0.228 e. The van der Waals surface area contributed by atoms with Crippen LogP contribution in [0.2, 0.25) is 0 Å². The number of aryl methyl sites for hydroxylation is 2. The summed E-state index contributed by atoms with van der Waals surface area (Å²) < 4.78 is 0. The second kappa shape index (κ2) is 6.11. The van der Waals surface area contributed by atoms with E-state index in [9.17, 15) is 9.59 Å². The van der Waals surface area contributed by atoms with Crippen molar-refractivity contribution in [2.24, 2.45) is 11.8 Å². The summed E-state index contributed by atoms with van der Waals surface area (Å²) in [5, 5.41) is 6.07. The Kier molecular flexibility index (Phi) is 4.19. The average molecular weight is 300 g/mol. The first-order valence-corrected chi connectivity index (χ1v) is 8.36. The maximum Gasteiger partial charge on any atom is 0.228 e. The molecule has 22 heavy (non-hydrogen) atoms. The molecule has 2 fully saturated rings. The van der Waals surface area contributed by atoms with E-state index in [2.05, 4.69) is 36.6 Å². The van der Waals surface area contributed by atoms with Gasteiger partial charge in [0.05, 0.1) is 11.8 Å². The Morgan fingerprint density at radius 3 is 2.18 bits per heavy atom. The van der Waals surface area contributed by atoms with Crippen molar-refractivity contribution in [2.75, 3.05) is 5.32 Å².